The molecule has 1 aliphatic carbocycles. The Morgan fingerprint density at radius 1 is 1.32 bits per heavy atom. The summed E-state index contributed by atoms with van der Waals surface area (Å²) in [5.41, 5.74) is 0.698. The van der Waals surface area contributed by atoms with Crippen LogP contribution >= 0.6 is 0 Å². The molecule has 0 unspecified atom stereocenters. The number of aryl methyl sites for hydroxylation is 1. The molecular weight excluding hydrogens is 356 g/mol. The first-order valence-corrected chi connectivity index (χ1v) is 9.97. The summed E-state index contributed by atoms with van der Waals surface area (Å²) < 4.78 is 5.77. The van der Waals surface area contributed by atoms with Gasteiger partial charge in [0.25, 0.3) is 5.56 Å². The van der Waals surface area contributed by atoms with Gasteiger partial charge in [-0.2, -0.15) is 0 Å². The predicted molar refractivity (Wildman–Crippen MR) is 107 cm³/mol. The van der Waals surface area contributed by atoms with Crippen molar-refractivity contribution in [1.29, 1.82) is 0 Å². The lowest BCUT2D eigenvalue weighted by molar-refractivity contribution is -0.121. The Bertz CT molecular complexity index is 859. The molecular formula is C21H28N4O3. The van der Waals surface area contributed by atoms with Crippen LogP contribution in [0.25, 0.3) is 11.4 Å². The van der Waals surface area contributed by atoms with Crippen molar-refractivity contribution in [2.24, 2.45) is 11.8 Å². The van der Waals surface area contributed by atoms with Crippen molar-refractivity contribution in [1.82, 2.24) is 20.5 Å². The van der Waals surface area contributed by atoms with E-state index in [1.54, 1.807) is 0 Å². The van der Waals surface area contributed by atoms with Crippen LogP contribution in [0.3, 0.4) is 0 Å². The Balaban J connectivity index is 1.57. The number of aromatic amines is 1. The van der Waals surface area contributed by atoms with Gasteiger partial charge in [0.1, 0.15) is 11.4 Å². The van der Waals surface area contributed by atoms with Gasteiger partial charge in [-0.1, -0.05) is 26.0 Å². The summed E-state index contributed by atoms with van der Waals surface area (Å²) >= 11 is 0. The number of rotatable bonds is 10. The SMILES string of the molecule is CC(C)CCNC(=O)CCc1nnc(-c2cccc(OCC3CC3)c2)[nH]c1=O. The Kier molecular flexibility index (Phi) is 6.79. The highest BCUT2D eigenvalue weighted by Gasteiger charge is 2.22. The van der Waals surface area contributed by atoms with Crippen LogP contribution in [0, 0.1) is 11.8 Å². The maximum absolute atomic E-state index is 12.3. The average molecular weight is 384 g/mol. The van der Waals surface area contributed by atoms with E-state index in [1.807, 2.05) is 24.3 Å². The summed E-state index contributed by atoms with van der Waals surface area (Å²) in [6, 6.07) is 7.46. The predicted octanol–water partition coefficient (Wildman–Crippen LogP) is 2.72. The Hall–Kier alpha value is -2.70. The molecule has 1 heterocycles. The number of carbonyl (C=O) groups is 1. The number of carbonyl (C=O) groups excluding carboxylic acids is 1. The summed E-state index contributed by atoms with van der Waals surface area (Å²) in [6.07, 6.45) is 3.88. The maximum Gasteiger partial charge on any atom is 0.273 e. The molecule has 1 aromatic heterocycles. The van der Waals surface area contributed by atoms with E-state index in [4.69, 9.17) is 4.74 Å². The molecule has 2 aromatic rings. The highest BCUT2D eigenvalue weighted by molar-refractivity contribution is 5.76. The molecule has 0 radical (unpaired) electrons. The lowest BCUT2D eigenvalue weighted by Crippen LogP contribution is -2.27. The minimum absolute atomic E-state index is 0.0774. The number of nitrogens with one attached hydrogen (secondary N) is 2. The number of hydrogen-bond donors (Lipinski definition) is 2. The third-order valence-corrected chi connectivity index (χ3v) is 4.69. The summed E-state index contributed by atoms with van der Waals surface area (Å²) in [5, 5.41) is 11.0. The molecule has 3 rings (SSSR count). The van der Waals surface area contributed by atoms with E-state index < -0.39 is 0 Å². The van der Waals surface area contributed by atoms with E-state index >= 15 is 0 Å². The average Bonchev–Trinajstić information content (AvgIpc) is 3.50. The van der Waals surface area contributed by atoms with Crippen LogP contribution in [0.15, 0.2) is 29.1 Å². The van der Waals surface area contributed by atoms with Crippen molar-refractivity contribution >= 4 is 5.91 Å². The van der Waals surface area contributed by atoms with Gasteiger partial charge in [-0.3, -0.25) is 9.59 Å². The monoisotopic (exact) mass is 384 g/mol. The van der Waals surface area contributed by atoms with Gasteiger partial charge < -0.3 is 15.0 Å². The summed E-state index contributed by atoms with van der Waals surface area (Å²) in [6.45, 7) is 5.59. The number of nitrogens with zero attached hydrogens (tertiary/aromatic N) is 2. The zero-order valence-corrected chi connectivity index (χ0v) is 16.5. The quantitative estimate of drug-likeness (QED) is 0.656. The van der Waals surface area contributed by atoms with E-state index in [0.29, 0.717) is 24.2 Å². The zero-order chi connectivity index (χ0) is 19.9. The normalized spacial score (nSPS) is 13.5. The second-order valence-corrected chi connectivity index (χ2v) is 7.76. The number of H-pyrrole nitrogens is 1. The number of hydrogen-bond acceptors (Lipinski definition) is 5. The molecule has 0 spiro atoms. The fourth-order valence-electron chi connectivity index (χ4n) is 2.71. The first-order valence-electron chi connectivity index (χ1n) is 9.97. The minimum atomic E-state index is -0.315. The first-order chi connectivity index (χ1) is 13.5. The molecule has 1 fully saturated rings. The number of benzene rings is 1. The van der Waals surface area contributed by atoms with Gasteiger partial charge in [0.15, 0.2) is 5.82 Å². The highest BCUT2D eigenvalue weighted by atomic mass is 16.5. The van der Waals surface area contributed by atoms with Crippen LogP contribution in [0.1, 0.15) is 45.2 Å². The molecule has 1 amide bonds. The van der Waals surface area contributed by atoms with Crippen LogP contribution in [0.4, 0.5) is 0 Å². The zero-order valence-electron chi connectivity index (χ0n) is 16.5. The molecule has 0 saturated heterocycles. The van der Waals surface area contributed by atoms with Crippen molar-refractivity contribution < 1.29 is 9.53 Å². The lowest BCUT2D eigenvalue weighted by Gasteiger charge is -2.08. The van der Waals surface area contributed by atoms with Crippen LogP contribution < -0.4 is 15.6 Å². The topological polar surface area (TPSA) is 97.0 Å². The fourth-order valence-corrected chi connectivity index (χ4v) is 2.71. The third-order valence-electron chi connectivity index (χ3n) is 4.69. The maximum atomic E-state index is 12.3. The molecule has 7 heteroatoms. The van der Waals surface area contributed by atoms with E-state index in [1.165, 1.54) is 12.8 Å². The van der Waals surface area contributed by atoms with E-state index in [2.05, 4.69) is 34.3 Å². The molecule has 28 heavy (non-hydrogen) atoms. The van der Waals surface area contributed by atoms with Crippen LogP contribution in [0.2, 0.25) is 0 Å². The molecule has 0 aliphatic heterocycles. The molecule has 1 aromatic carbocycles. The van der Waals surface area contributed by atoms with Crippen LogP contribution in [0.5, 0.6) is 5.75 Å². The second kappa shape index (κ2) is 9.48. The van der Waals surface area contributed by atoms with Crippen LogP contribution in [-0.2, 0) is 11.2 Å². The Morgan fingerprint density at radius 3 is 2.86 bits per heavy atom. The number of ether oxygens (including phenoxy) is 1. The molecule has 1 saturated carbocycles. The smallest absolute Gasteiger partial charge is 0.273 e. The van der Waals surface area contributed by atoms with Crippen molar-refractivity contribution in [2.45, 2.75) is 46.0 Å². The van der Waals surface area contributed by atoms with Gasteiger partial charge in [0, 0.05) is 24.9 Å². The van der Waals surface area contributed by atoms with Crippen LogP contribution in [-0.4, -0.2) is 34.2 Å². The molecule has 1 aliphatic rings. The first kappa shape index (κ1) is 20.0. The fraction of sp³-hybridized carbons (Fsp3) is 0.524. The molecule has 0 bridgehead atoms. The summed E-state index contributed by atoms with van der Waals surface area (Å²) in [4.78, 5) is 26.9. The van der Waals surface area contributed by atoms with Crippen molar-refractivity contribution in [2.75, 3.05) is 13.2 Å². The van der Waals surface area contributed by atoms with Gasteiger partial charge in [-0.05, 0) is 43.2 Å². The molecule has 150 valence electrons. The second-order valence-electron chi connectivity index (χ2n) is 7.76. The molecule has 2 N–H and O–H groups in total. The Morgan fingerprint density at radius 2 is 2.14 bits per heavy atom. The number of amides is 1. The highest BCUT2D eigenvalue weighted by Crippen LogP contribution is 2.30. The Labute approximate surface area is 164 Å². The minimum Gasteiger partial charge on any atom is -0.493 e. The third kappa shape index (κ3) is 6.18. The standard InChI is InChI=1S/C21H28N4O3/c1-14(2)10-11-22-19(26)9-8-18-21(27)23-20(25-24-18)16-4-3-5-17(12-16)28-13-15-6-7-15/h3-5,12,14-15H,6-11,13H2,1-2H3,(H,22,26)(H,23,25,27). The largest absolute Gasteiger partial charge is 0.493 e. The van der Waals surface area contributed by atoms with Crippen molar-refractivity contribution in [3.05, 3.63) is 40.3 Å². The van der Waals surface area contributed by atoms with Gasteiger partial charge in [0.05, 0.1) is 6.61 Å². The summed E-state index contributed by atoms with van der Waals surface area (Å²) in [5.74, 6) is 2.29. The molecule has 7 nitrogen and oxygen atoms in total. The van der Waals surface area contributed by atoms with Crippen molar-refractivity contribution in [3.8, 4) is 17.1 Å². The van der Waals surface area contributed by atoms with E-state index in [9.17, 15) is 9.59 Å². The van der Waals surface area contributed by atoms with Crippen molar-refractivity contribution in [3.63, 3.8) is 0 Å². The van der Waals surface area contributed by atoms with E-state index in [-0.39, 0.29) is 30.0 Å². The molecule has 0 atom stereocenters. The van der Waals surface area contributed by atoms with Gasteiger partial charge >= 0.3 is 0 Å². The van der Waals surface area contributed by atoms with Gasteiger partial charge in [-0.15, -0.1) is 10.2 Å². The summed E-state index contributed by atoms with van der Waals surface area (Å²) in [7, 11) is 0. The van der Waals surface area contributed by atoms with E-state index in [0.717, 1.165) is 24.3 Å². The van der Waals surface area contributed by atoms with Gasteiger partial charge in [0.2, 0.25) is 5.91 Å². The number of aromatic nitrogens is 3. The van der Waals surface area contributed by atoms with Gasteiger partial charge in [-0.25, -0.2) is 0 Å². The lowest BCUT2D eigenvalue weighted by atomic mass is 10.1.